The molecule has 0 spiro atoms. The number of nitrogens with one attached hydrogen (secondary N) is 7. The van der Waals surface area contributed by atoms with Gasteiger partial charge in [-0.3, -0.25) is 33.6 Å². The monoisotopic (exact) mass is 1540 g/mol. The van der Waals surface area contributed by atoms with E-state index >= 15 is 0 Å². The molecule has 0 aliphatic heterocycles. The molecule has 0 saturated carbocycles. The number of halogens is 2. The van der Waals surface area contributed by atoms with E-state index < -0.39 is 59.5 Å². The number of methoxy groups -OCH3 is 2. The zero-order valence-electron chi connectivity index (χ0n) is 61.8. The molecule has 0 unspecified atom stereocenters. The van der Waals surface area contributed by atoms with E-state index in [-0.39, 0.29) is 142 Å². The predicted octanol–water partition coefficient (Wildman–Crippen LogP) is 16.3. The van der Waals surface area contributed by atoms with E-state index in [1.165, 1.54) is 178 Å². The average molecular weight is 1540 g/mol. The summed E-state index contributed by atoms with van der Waals surface area (Å²) in [6, 6.07) is 69.4. The van der Waals surface area contributed by atoms with E-state index in [9.17, 15) is 47.1 Å². The lowest BCUT2D eigenvalue weighted by molar-refractivity contribution is -0.115. The first-order valence-corrected chi connectivity index (χ1v) is 35.9. The summed E-state index contributed by atoms with van der Waals surface area (Å²) in [6.45, 7) is -0.585. The maximum atomic E-state index is 14.5. The van der Waals surface area contributed by atoms with E-state index in [1.54, 1.807) is 6.20 Å². The minimum atomic E-state index is -0.733. The van der Waals surface area contributed by atoms with Crippen LogP contribution in [-0.2, 0) is 49.0 Å². The lowest BCUT2D eigenvalue weighted by Gasteiger charge is -2.17. The predicted molar refractivity (Wildman–Crippen MR) is 427 cm³/mol. The van der Waals surface area contributed by atoms with Gasteiger partial charge in [0.1, 0.15) is 79.2 Å². The van der Waals surface area contributed by atoms with Gasteiger partial charge in [0.2, 0.25) is 5.91 Å². The van der Waals surface area contributed by atoms with Crippen LogP contribution in [-0.4, -0.2) is 77.9 Å². The molecule has 0 radical (unpaired) electrons. The average Bonchev–Trinajstić information content (AvgIpc) is 0.952. The molecule has 23 nitrogen and oxygen atoms in total. The molecular weight excluding hydrogens is 1470 g/mol. The second kappa shape index (κ2) is 37.0. The van der Waals surface area contributed by atoms with Crippen LogP contribution in [0.2, 0.25) is 0 Å². The molecule has 1 heterocycles. The summed E-state index contributed by atoms with van der Waals surface area (Å²) in [5.74, 6) is -5.30. The van der Waals surface area contributed by atoms with Crippen molar-refractivity contribution in [2.45, 2.75) is 39.5 Å². The van der Waals surface area contributed by atoms with Crippen LogP contribution >= 0.6 is 0 Å². The van der Waals surface area contributed by atoms with E-state index in [1.807, 2.05) is 103 Å². The summed E-state index contributed by atoms with van der Waals surface area (Å²) in [6.07, 6.45) is 3.03. The first kappa shape index (κ1) is 77.9. The van der Waals surface area contributed by atoms with E-state index in [0.29, 0.717) is 22.5 Å². The third kappa shape index (κ3) is 20.6. The Kier molecular flexibility index (Phi) is 25.0. The number of ketones is 1. The fourth-order valence-electron chi connectivity index (χ4n) is 11.9. The maximum Gasteiger partial charge on any atom is 0.337 e. The first-order valence-electron chi connectivity index (χ1n) is 35.9. The highest BCUT2D eigenvalue weighted by atomic mass is 19.1. The molecule has 0 fully saturated rings. The van der Waals surface area contributed by atoms with Crippen LogP contribution in [0.15, 0.2) is 273 Å². The standard InChI is InChI=1S/C90H72F2N8O15/c1-109-78-40-63(86(104)97-74-36-26-65(43-81(74)112-50-56-13-7-4-8-14-56)89(107)100-76-38-28-67(90(108)110-2)45-83(76)115-53-59-17-22-60-15-9-10-16-61(60)39-59)23-33-71(78)77(101)48-94-85(103)62-24-35-73(80(41-62)113-51-57-18-29-68(91)30-19-57)98-88(106)66-27-37-75(82(44-66)114-52-58-20-31-69(92)32-21-58)99-87(105)64-25-34-72(96-84(102)46-70-47-93-54-95-70)79(42-64)111-49-55-11-5-3-6-12-55/h3-45,47,54H,46,48-53H2,1-2H3,(H,93,95)(H,94,103)(H,96,102)(H,97,104)(H,98,106)(H,99,105)(H,100,107). The number of benzene rings is 12. The van der Waals surface area contributed by atoms with Crippen molar-refractivity contribution in [3.05, 3.63) is 357 Å². The normalized spacial score (nSPS) is 10.8. The molecule has 1 aromatic heterocycles. The van der Waals surface area contributed by atoms with Gasteiger partial charge in [-0.2, -0.15) is 0 Å². The van der Waals surface area contributed by atoms with Crippen molar-refractivity contribution < 1.29 is 80.3 Å². The minimum Gasteiger partial charge on any atom is -0.496 e. The smallest absolute Gasteiger partial charge is 0.337 e. The van der Waals surface area contributed by atoms with Gasteiger partial charge >= 0.3 is 5.97 Å². The highest BCUT2D eigenvalue weighted by molar-refractivity contribution is 6.11. The Morgan fingerprint density at radius 1 is 0.357 bits per heavy atom. The fourth-order valence-corrected chi connectivity index (χ4v) is 11.9. The van der Waals surface area contributed by atoms with Gasteiger partial charge in [-0.15, -0.1) is 0 Å². The van der Waals surface area contributed by atoms with Gasteiger partial charge in [-0.05, 0) is 178 Å². The molecule has 0 aliphatic rings. The number of fused-ring (bicyclic) bond motifs is 1. The van der Waals surface area contributed by atoms with Gasteiger partial charge in [-0.25, -0.2) is 18.6 Å². The van der Waals surface area contributed by atoms with Crippen molar-refractivity contribution in [1.82, 2.24) is 15.3 Å². The zero-order valence-corrected chi connectivity index (χ0v) is 61.8. The molecule has 12 aromatic carbocycles. The second-order valence-electron chi connectivity index (χ2n) is 26.0. The number of H-pyrrole nitrogens is 1. The Balaban J connectivity index is 0.691. The number of hydrogen-bond donors (Lipinski definition) is 7. The maximum absolute atomic E-state index is 14.5. The van der Waals surface area contributed by atoms with Crippen molar-refractivity contribution in [1.29, 1.82) is 0 Å². The second-order valence-corrected chi connectivity index (χ2v) is 26.0. The van der Waals surface area contributed by atoms with Crippen LogP contribution in [0.4, 0.5) is 37.2 Å². The van der Waals surface area contributed by atoms with Gasteiger partial charge in [0.25, 0.3) is 29.5 Å². The van der Waals surface area contributed by atoms with Crippen molar-refractivity contribution in [2.75, 3.05) is 47.3 Å². The number of nitrogens with zero attached hydrogens (tertiary/aromatic N) is 1. The Labute approximate surface area is 657 Å². The minimum absolute atomic E-state index is 0.00481. The number of Topliss-reactive ketones (excluding diaryl/α,β-unsaturated/α-hetero) is 1. The summed E-state index contributed by atoms with van der Waals surface area (Å²) in [5, 5.41) is 19.0. The number of anilines is 5. The topological polar surface area (TPSA) is 302 Å². The summed E-state index contributed by atoms with van der Waals surface area (Å²) in [4.78, 5) is 118. The molecule has 13 rings (SSSR count). The molecule has 0 bridgehead atoms. The van der Waals surface area contributed by atoms with Crippen LogP contribution in [0.25, 0.3) is 10.8 Å². The number of amides is 6. The van der Waals surface area contributed by atoms with Crippen molar-refractivity contribution in [3.8, 4) is 34.5 Å². The van der Waals surface area contributed by atoms with Crippen LogP contribution in [0.5, 0.6) is 34.5 Å². The van der Waals surface area contributed by atoms with Crippen molar-refractivity contribution in [3.63, 3.8) is 0 Å². The Morgan fingerprint density at radius 3 is 1.15 bits per heavy atom. The van der Waals surface area contributed by atoms with Crippen LogP contribution in [0.1, 0.15) is 106 Å². The number of carbonyl (C=O) groups excluding carboxylic acids is 8. The Morgan fingerprint density at radius 2 is 0.722 bits per heavy atom. The third-order valence-electron chi connectivity index (χ3n) is 18.0. The molecule has 6 amide bonds. The van der Waals surface area contributed by atoms with Gasteiger partial charge in [0, 0.05) is 34.0 Å². The number of esters is 1. The van der Waals surface area contributed by atoms with Crippen LogP contribution < -0.4 is 60.3 Å². The number of imidazole rings is 1. The lowest BCUT2D eigenvalue weighted by Crippen LogP contribution is -2.30. The van der Waals surface area contributed by atoms with E-state index in [2.05, 4.69) is 41.9 Å². The molecule has 115 heavy (non-hydrogen) atoms. The van der Waals surface area contributed by atoms with Crippen molar-refractivity contribution in [2.24, 2.45) is 0 Å². The van der Waals surface area contributed by atoms with Gasteiger partial charge in [-0.1, -0.05) is 121 Å². The Hall–Kier alpha value is -15.3. The highest BCUT2D eigenvalue weighted by Gasteiger charge is 2.24. The fraction of sp³-hybridized carbons (Fsp3) is 0.100. The first-order chi connectivity index (χ1) is 55.9. The lowest BCUT2D eigenvalue weighted by atomic mass is 10.1. The zero-order chi connectivity index (χ0) is 80.2. The molecule has 0 saturated heterocycles. The number of carbonyl (C=O) groups is 8. The third-order valence-corrected chi connectivity index (χ3v) is 18.0. The quantitative estimate of drug-likeness (QED) is 0.0152. The summed E-state index contributed by atoms with van der Waals surface area (Å²) in [5.41, 5.74) is 5.55. The summed E-state index contributed by atoms with van der Waals surface area (Å²) in [7, 11) is 2.57. The number of hydrogen-bond acceptors (Lipinski definition) is 16. The number of aromatic amines is 1. The molecule has 576 valence electrons. The summed E-state index contributed by atoms with van der Waals surface area (Å²) >= 11 is 0. The van der Waals surface area contributed by atoms with Crippen LogP contribution in [0.3, 0.4) is 0 Å². The highest BCUT2D eigenvalue weighted by Crippen LogP contribution is 2.36. The number of rotatable bonds is 32. The van der Waals surface area contributed by atoms with Gasteiger partial charge < -0.3 is 70.0 Å². The molecule has 7 N–H and O–H groups in total. The van der Waals surface area contributed by atoms with E-state index in [0.717, 1.165) is 27.5 Å². The largest absolute Gasteiger partial charge is 0.496 e. The molecule has 13 aromatic rings. The molecule has 25 heteroatoms. The van der Waals surface area contributed by atoms with Crippen LogP contribution in [0, 0.1) is 11.6 Å². The van der Waals surface area contributed by atoms with Crippen molar-refractivity contribution >= 4 is 86.4 Å². The van der Waals surface area contributed by atoms with Gasteiger partial charge in [0.15, 0.2) is 5.78 Å². The van der Waals surface area contributed by atoms with E-state index in [4.69, 9.17) is 33.2 Å². The SMILES string of the molecule is COC(=O)c1ccc(NC(=O)c2ccc(NC(=O)c3ccc(C(=O)CNC(=O)c4ccc(NC(=O)c5ccc(NC(=O)c6ccc(NC(=O)Cc7c[nH]cn7)c(OCc7ccccc7)c6)c(OCc6ccc(F)cc6)c5)c(OCc5ccc(F)cc5)c4)c(OC)c3)c(OCc3ccccc3)c2)c(OCc2ccc3ccccc3c2)c1. The number of aromatic nitrogens is 2. The number of ether oxygens (including phenoxy) is 7. The Bertz CT molecular complexity index is 5760. The molecule has 0 atom stereocenters. The molecule has 0 aliphatic carbocycles. The molecular formula is C90H72F2N8O15. The summed E-state index contributed by atoms with van der Waals surface area (Å²) < 4.78 is 69.9. The van der Waals surface area contributed by atoms with Gasteiger partial charge in [0.05, 0.1) is 78.8 Å².